The molecule has 2 fully saturated rings. The van der Waals surface area contributed by atoms with Gasteiger partial charge in [-0.25, -0.2) is 4.39 Å². The van der Waals surface area contributed by atoms with Gasteiger partial charge in [-0.1, -0.05) is 24.3 Å². The van der Waals surface area contributed by atoms with Gasteiger partial charge in [0.2, 0.25) is 0 Å². The zero-order chi connectivity index (χ0) is 11.2. The first-order valence-electron chi connectivity index (χ1n) is 6.22. The first-order chi connectivity index (χ1) is 7.64. The van der Waals surface area contributed by atoms with Crippen LogP contribution in [-0.4, -0.2) is 0 Å². The zero-order valence-corrected chi connectivity index (χ0v) is 9.51. The summed E-state index contributed by atoms with van der Waals surface area (Å²) in [6.07, 6.45) is 5.34. The van der Waals surface area contributed by atoms with Crippen LogP contribution in [0.25, 0.3) is 0 Å². The minimum atomic E-state index is -1.11. The molecule has 2 heteroatoms. The van der Waals surface area contributed by atoms with E-state index >= 15 is 0 Å². The van der Waals surface area contributed by atoms with E-state index in [-0.39, 0.29) is 5.54 Å². The Labute approximate surface area is 95.8 Å². The Hall–Kier alpha value is -0.890. The summed E-state index contributed by atoms with van der Waals surface area (Å²) >= 11 is 0. The van der Waals surface area contributed by atoms with Gasteiger partial charge in [0.15, 0.2) is 0 Å². The van der Waals surface area contributed by atoms with Crippen LogP contribution in [0.15, 0.2) is 24.3 Å². The van der Waals surface area contributed by atoms with Crippen molar-refractivity contribution in [3.05, 3.63) is 35.4 Å². The average molecular weight is 219 g/mol. The molecule has 1 aromatic carbocycles. The Kier molecular flexibility index (Phi) is 2.12. The molecule has 2 aliphatic carbocycles. The van der Waals surface area contributed by atoms with Gasteiger partial charge in [0.05, 0.1) is 0 Å². The van der Waals surface area contributed by atoms with Crippen molar-refractivity contribution in [1.29, 1.82) is 0 Å². The first kappa shape index (κ1) is 10.3. The van der Waals surface area contributed by atoms with E-state index in [1.807, 2.05) is 24.3 Å². The van der Waals surface area contributed by atoms with E-state index in [1.165, 1.54) is 0 Å². The molecule has 86 valence electrons. The normalized spacial score (nSPS) is 25.6. The van der Waals surface area contributed by atoms with E-state index in [0.29, 0.717) is 12.8 Å². The third-order valence-corrected chi connectivity index (χ3v) is 4.13. The summed E-state index contributed by atoms with van der Waals surface area (Å²) in [6, 6.07) is 7.86. The molecule has 0 aromatic heterocycles. The van der Waals surface area contributed by atoms with Gasteiger partial charge in [-0.2, -0.15) is 0 Å². The molecule has 0 radical (unpaired) electrons. The van der Waals surface area contributed by atoms with E-state index in [2.05, 4.69) is 0 Å². The van der Waals surface area contributed by atoms with Gasteiger partial charge in [-0.3, -0.25) is 0 Å². The van der Waals surface area contributed by atoms with Crippen molar-refractivity contribution in [3.8, 4) is 0 Å². The molecule has 3 rings (SSSR count). The van der Waals surface area contributed by atoms with E-state index in [9.17, 15) is 4.39 Å². The number of hydrogen-bond acceptors (Lipinski definition) is 1. The van der Waals surface area contributed by atoms with Crippen molar-refractivity contribution < 1.29 is 4.39 Å². The standard InChI is InChI=1S/C14H18FN/c15-13(7-3-4-8-13)11-5-1-2-6-12(11)14(16)9-10-14/h1-2,5-6H,3-4,7-10,16H2. The van der Waals surface area contributed by atoms with Gasteiger partial charge in [0, 0.05) is 5.54 Å². The maximum atomic E-state index is 14.8. The molecular formula is C14H18FN. The highest BCUT2D eigenvalue weighted by Crippen LogP contribution is 2.50. The van der Waals surface area contributed by atoms with Gasteiger partial charge in [-0.05, 0) is 49.7 Å². The topological polar surface area (TPSA) is 26.0 Å². The van der Waals surface area contributed by atoms with Crippen LogP contribution in [0.1, 0.15) is 49.7 Å². The quantitative estimate of drug-likeness (QED) is 0.810. The van der Waals surface area contributed by atoms with Crippen LogP contribution in [0, 0.1) is 0 Å². The molecule has 2 aliphatic rings. The van der Waals surface area contributed by atoms with Gasteiger partial charge in [0.25, 0.3) is 0 Å². The molecule has 16 heavy (non-hydrogen) atoms. The monoisotopic (exact) mass is 219 g/mol. The molecule has 0 atom stereocenters. The van der Waals surface area contributed by atoms with Crippen LogP contribution in [0.3, 0.4) is 0 Å². The maximum Gasteiger partial charge on any atom is 0.136 e. The van der Waals surface area contributed by atoms with Crippen LogP contribution >= 0.6 is 0 Å². The number of halogens is 1. The highest BCUT2D eigenvalue weighted by atomic mass is 19.1. The summed E-state index contributed by atoms with van der Waals surface area (Å²) in [6.45, 7) is 0. The van der Waals surface area contributed by atoms with E-state index in [0.717, 1.165) is 36.8 Å². The lowest BCUT2D eigenvalue weighted by Crippen LogP contribution is -2.26. The van der Waals surface area contributed by atoms with Crippen molar-refractivity contribution in [2.24, 2.45) is 5.73 Å². The molecule has 2 N–H and O–H groups in total. The fourth-order valence-electron chi connectivity index (χ4n) is 2.92. The van der Waals surface area contributed by atoms with Gasteiger partial charge < -0.3 is 5.73 Å². The zero-order valence-electron chi connectivity index (χ0n) is 9.51. The summed E-state index contributed by atoms with van der Waals surface area (Å²) in [7, 11) is 0. The van der Waals surface area contributed by atoms with Crippen molar-refractivity contribution in [1.82, 2.24) is 0 Å². The van der Waals surface area contributed by atoms with Crippen LogP contribution in [0.2, 0.25) is 0 Å². The number of benzene rings is 1. The Morgan fingerprint density at radius 1 is 0.938 bits per heavy atom. The molecule has 0 spiro atoms. The lowest BCUT2D eigenvalue weighted by molar-refractivity contribution is 0.172. The minimum Gasteiger partial charge on any atom is -0.321 e. The van der Waals surface area contributed by atoms with Gasteiger partial charge in [-0.15, -0.1) is 0 Å². The maximum absolute atomic E-state index is 14.8. The van der Waals surface area contributed by atoms with Crippen LogP contribution in [0.5, 0.6) is 0 Å². The number of rotatable bonds is 2. The number of nitrogens with two attached hydrogens (primary N) is 1. The molecule has 1 nitrogen and oxygen atoms in total. The Morgan fingerprint density at radius 2 is 1.50 bits per heavy atom. The van der Waals surface area contributed by atoms with Gasteiger partial charge >= 0.3 is 0 Å². The lowest BCUT2D eigenvalue weighted by Gasteiger charge is -2.25. The minimum absolute atomic E-state index is 0.224. The summed E-state index contributed by atoms with van der Waals surface area (Å²) in [4.78, 5) is 0. The van der Waals surface area contributed by atoms with Crippen LogP contribution in [-0.2, 0) is 11.2 Å². The predicted octanol–water partition coefficient (Wildman–Crippen LogP) is 3.37. The Morgan fingerprint density at radius 3 is 2.06 bits per heavy atom. The molecule has 1 aromatic rings. The second kappa shape index (κ2) is 3.30. The molecular weight excluding hydrogens is 201 g/mol. The predicted molar refractivity (Wildman–Crippen MR) is 62.8 cm³/mol. The highest BCUT2D eigenvalue weighted by Gasteiger charge is 2.46. The second-order valence-corrected chi connectivity index (χ2v) is 5.37. The van der Waals surface area contributed by atoms with Crippen molar-refractivity contribution in [2.45, 2.75) is 49.7 Å². The fraction of sp³-hybridized carbons (Fsp3) is 0.571. The lowest BCUT2D eigenvalue weighted by atomic mass is 9.86. The van der Waals surface area contributed by atoms with Crippen molar-refractivity contribution in [3.63, 3.8) is 0 Å². The molecule has 0 heterocycles. The molecule has 0 bridgehead atoms. The molecule has 0 aliphatic heterocycles. The Bertz CT molecular complexity index is 403. The van der Waals surface area contributed by atoms with Crippen molar-refractivity contribution >= 4 is 0 Å². The van der Waals surface area contributed by atoms with Crippen molar-refractivity contribution in [2.75, 3.05) is 0 Å². The van der Waals surface area contributed by atoms with Crippen LogP contribution < -0.4 is 5.73 Å². The fourth-order valence-corrected chi connectivity index (χ4v) is 2.92. The van der Waals surface area contributed by atoms with Gasteiger partial charge in [0.1, 0.15) is 5.67 Å². The average Bonchev–Trinajstić information content (AvgIpc) is 2.89. The SMILES string of the molecule is NC1(c2ccccc2C2(F)CCCC2)CC1. The molecule has 0 unspecified atom stereocenters. The van der Waals surface area contributed by atoms with E-state index in [1.54, 1.807) is 0 Å². The molecule has 0 amide bonds. The second-order valence-electron chi connectivity index (χ2n) is 5.37. The third-order valence-electron chi connectivity index (χ3n) is 4.13. The summed E-state index contributed by atoms with van der Waals surface area (Å²) in [5.74, 6) is 0. The summed E-state index contributed by atoms with van der Waals surface area (Å²) in [5, 5.41) is 0. The van der Waals surface area contributed by atoms with E-state index in [4.69, 9.17) is 5.73 Å². The summed E-state index contributed by atoms with van der Waals surface area (Å²) in [5.41, 5.74) is 6.82. The number of hydrogen-bond donors (Lipinski definition) is 1. The third kappa shape index (κ3) is 1.47. The smallest absolute Gasteiger partial charge is 0.136 e. The highest BCUT2D eigenvalue weighted by molar-refractivity contribution is 5.41. The largest absolute Gasteiger partial charge is 0.321 e. The molecule has 0 saturated heterocycles. The number of alkyl halides is 1. The Balaban J connectivity index is 2.06. The van der Waals surface area contributed by atoms with Crippen LogP contribution in [0.4, 0.5) is 4.39 Å². The molecule has 2 saturated carbocycles. The first-order valence-corrected chi connectivity index (χ1v) is 6.22. The van der Waals surface area contributed by atoms with E-state index < -0.39 is 5.67 Å². The summed E-state index contributed by atoms with van der Waals surface area (Å²) < 4.78 is 14.8.